The highest BCUT2D eigenvalue weighted by molar-refractivity contribution is 5.90. The minimum absolute atomic E-state index is 0.0437. The Morgan fingerprint density at radius 3 is 2.79 bits per heavy atom. The third-order valence-corrected chi connectivity index (χ3v) is 6.74. The van der Waals surface area contributed by atoms with E-state index in [0.717, 1.165) is 50.2 Å². The van der Waals surface area contributed by atoms with Crippen LogP contribution >= 0.6 is 0 Å². The van der Waals surface area contributed by atoms with Crippen LogP contribution in [-0.4, -0.2) is 60.1 Å². The van der Waals surface area contributed by atoms with Crippen LogP contribution in [0.2, 0.25) is 0 Å². The first-order chi connectivity index (χ1) is 16.6. The van der Waals surface area contributed by atoms with Gasteiger partial charge in [0.25, 0.3) is 0 Å². The summed E-state index contributed by atoms with van der Waals surface area (Å²) in [6, 6.07) is 16.3. The molecule has 1 aliphatic carbocycles. The number of rotatable bonds is 7. The average molecular weight is 464 g/mol. The van der Waals surface area contributed by atoms with Gasteiger partial charge in [-0.2, -0.15) is 5.10 Å². The van der Waals surface area contributed by atoms with Crippen LogP contribution in [0, 0.1) is 5.82 Å². The van der Waals surface area contributed by atoms with Crippen molar-refractivity contribution in [3.8, 4) is 5.69 Å². The zero-order valence-electron chi connectivity index (χ0n) is 19.3. The van der Waals surface area contributed by atoms with E-state index in [1.807, 2.05) is 18.2 Å². The number of hydrogen-bond acceptors (Lipinski definition) is 4. The van der Waals surface area contributed by atoms with Gasteiger partial charge in [0.15, 0.2) is 0 Å². The molecule has 1 aromatic heterocycles. The highest BCUT2D eigenvalue weighted by Crippen LogP contribution is 2.32. The molecule has 1 saturated heterocycles. The number of urea groups is 1. The second kappa shape index (κ2) is 9.95. The summed E-state index contributed by atoms with van der Waals surface area (Å²) in [4.78, 5) is 15.6. The van der Waals surface area contributed by atoms with E-state index in [-0.39, 0.29) is 23.8 Å². The maximum atomic E-state index is 13.9. The lowest BCUT2D eigenvalue weighted by molar-refractivity contribution is 0.159. The van der Waals surface area contributed by atoms with Gasteiger partial charge >= 0.3 is 6.03 Å². The molecule has 1 aliphatic heterocycles. The van der Waals surface area contributed by atoms with Crippen molar-refractivity contribution in [2.75, 3.05) is 38.7 Å². The second-order valence-corrected chi connectivity index (χ2v) is 8.99. The van der Waals surface area contributed by atoms with Gasteiger partial charge in [-0.3, -0.25) is 10.2 Å². The van der Waals surface area contributed by atoms with Crippen molar-refractivity contribution in [1.29, 1.82) is 0 Å². The van der Waals surface area contributed by atoms with E-state index in [0.29, 0.717) is 18.1 Å². The molecule has 2 amide bonds. The number of benzene rings is 2. The van der Waals surface area contributed by atoms with E-state index in [1.165, 1.54) is 17.7 Å². The highest BCUT2D eigenvalue weighted by atomic mass is 19.1. The lowest BCUT2D eigenvalue weighted by Gasteiger charge is -2.21. The predicted molar refractivity (Wildman–Crippen MR) is 129 cm³/mol. The number of aromatic nitrogens is 2. The number of likely N-dealkylation sites (tertiary alicyclic amines) is 1. The molecule has 1 fully saturated rings. The summed E-state index contributed by atoms with van der Waals surface area (Å²) in [5, 5.41) is 10.9. The van der Waals surface area contributed by atoms with Crippen molar-refractivity contribution in [2.24, 2.45) is 0 Å². The Morgan fingerprint density at radius 2 is 2.00 bits per heavy atom. The fourth-order valence-electron chi connectivity index (χ4n) is 5.10. The molecule has 0 bridgehead atoms. The Bertz CT molecular complexity index is 1150. The van der Waals surface area contributed by atoms with E-state index < -0.39 is 0 Å². The molecule has 2 heterocycles. The number of hydrogen-bond donors (Lipinski definition) is 2. The van der Waals surface area contributed by atoms with E-state index in [2.05, 4.69) is 32.8 Å². The number of halogens is 1. The van der Waals surface area contributed by atoms with Crippen LogP contribution in [0.3, 0.4) is 0 Å². The summed E-state index contributed by atoms with van der Waals surface area (Å²) < 4.78 is 20.8. The molecule has 0 saturated carbocycles. The van der Waals surface area contributed by atoms with Crippen LogP contribution in [0.1, 0.15) is 29.2 Å². The second-order valence-electron chi connectivity index (χ2n) is 8.99. The van der Waals surface area contributed by atoms with Gasteiger partial charge in [0.2, 0.25) is 0 Å². The van der Waals surface area contributed by atoms with Crippen molar-refractivity contribution in [1.82, 2.24) is 20.0 Å². The molecule has 2 N–H and O–H groups in total. The quantitative estimate of drug-likeness (QED) is 0.560. The summed E-state index contributed by atoms with van der Waals surface area (Å²) in [7, 11) is 1.70. The fraction of sp³-hybridized carbons (Fsp3) is 0.385. The number of methoxy groups -OCH3 is 1. The summed E-state index contributed by atoms with van der Waals surface area (Å²) in [5.41, 5.74) is 3.80. The topological polar surface area (TPSA) is 71.4 Å². The number of aryl methyl sites for hydroxylation is 1. The Morgan fingerprint density at radius 1 is 1.15 bits per heavy atom. The first-order valence-electron chi connectivity index (χ1n) is 11.8. The van der Waals surface area contributed by atoms with Crippen molar-refractivity contribution in [3.05, 3.63) is 77.2 Å². The third-order valence-electron chi connectivity index (χ3n) is 6.74. The molecule has 34 heavy (non-hydrogen) atoms. The Hall–Kier alpha value is -3.23. The van der Waals surface area contributed by atoms with Crippen LogP contribution in [0.25, 0.3) is 5.69 Å². The number of nitrogens with one attached hydrogen (secondary N) is 2. The SMILES string of the molecule is COCCN1CC(c2ccccc2)[C@H](NC(=O)Nc2c3c(nn2-c2cccc(F)c2)CCC3)C1. The predicted octanol–water partition coefficient (Wildman–Crippen LogP) is 3.74. The van der Waals surface area contributed by atoms with Crippen LogP contribution < -0.4 is 10.6 Å². The molecule has 8 heteroatoms. The Labute approximate surface area is 198 Å². The van der Waals surface area contributed by atoms with Crippen molar-refractivity contribution < 1.29 is 13.9 Å². The van der Waals surface area contributed by atoms with Gasteiger partial charge in [0.05, 0.1) is 24.0 Å². The summed E-state index contributed by atoms with van der Waals surface area (Å²) >= 11 is 0. The van der Waals surface area contributed by atoms with Gasteiger partial charge in [-0.1, -0.05) is 36.4 Å². The molecule has 5 rings (SSSR count). The van der Waals surface area contributed by atoms with Crippen LogP contribution in [0.4, 0.5) is 15.0 Å². The fourth-order valence-corrected chi connectivity index (χ4v) is 5.10. The lowest BCUT2D eigenvalue weighted by Crippen LogP contribution is -2.42. The average Bonchev–Trinajstić information content (AvgIpc) is 3.54. The molecule has 2 aliphatic rings. The number of nitrogens with zero attached hydrogens (tertiary/aromatic N) is 3. The van der Waals surface area contributed by atoms with Crippen molar-refractivity contribution in [2.45, 2.75) is 31.2 Å². The van der Waals surface area contributed by atoms with Gasteiger partial charge < -0.3 is 10.1 Å². The van der Waals surface area contributed by atoms with Crippen molar-refractivity contribution >= 4 is 11.8 Å². The summed E-state index contributed by atoms with van der Waals surface area (Å²) in [6.07, 6.45) is 2.72. The molecule has 2 atom stereocenters. The summed E-state index contributed by atoms with van der Waals surface area (Å²) in [6.45, 7) is 3.07. The van der Waals surface area contributed by atoms with E-state index in [1.54, 1.807) is 23.9 Å². The zero-order valence-corrected chi connectivity index (χ0v) is 19.3. The van der Waals surface area contributed by atoms with Crippen LogP contribution in [0.5, 0.6) is 0 Å². The number of carbonyl (C=O) groups excluding carboxylic acids is 1. The van der Waals surface area contributed by atoms with Gasteiger partial charge in [0, 0.05) is 38.2 Å². The number of amides is 2. The molecule has 1 unspecified atom stereocenters. The molecular weight excluding hydrogens is 433 g/mol. The van der Waals surface area contributed by atoms with E-state index in [4.69, 9.17) is 4.74 Å². The molecule has 2 aromatic carbocycles. The monoisotopic (exact) mass is 463 g/mol. The molecule has 178 valence electrons. The number of anilines is 1. The lowest BCUT2D eigenvalue weighted by atomic mass is 9.94. The first-order valence-corrected chi connectivity index (χ1v) is 11.8. The zero-order chi connectivity index (χ0) is 23.5. The molecule has 7 nitrogen and oxygen atoms in total. The molecular formula is C26H30FN5O2. The third kappa shape index (κ3) is 4.69. The van der Waals surface area contributed by atoms with Gasteiger partial charge in [-0.15, -0.1) is 0 Å². The van der Waals surface area contributed by atoms with Crippen molar-refractivity contribution in [3.63, 3.8) is 0 Å². The van der Waals surface area contributed by atoms with Gasteiger partial charge in [0.1, 0.15) is 11.6 Å². The smallest absolute Gasteiger partial charge is 0.320 e. The number of ether oxygens (including phenoxy) is 1. The first kappa shape index (κ1) is 22.6. The number of fused-ring (bicyclic) bond motifs is 1. The van der Waals surface area contributed by atoms with Gasteiger partial charge in [-0.25, -0.2) is 13.9 Å². The minimum atomic E-state index is -0.337. The normalized spacial score (nSPS) is 19.8. The maximum absolute atomic E-state index is 13.9. The molecule has 0 radical (unpaired) electrons. The van der Waals surface area contributed by atoms with Gasteiger partial charge in [-0.05, 0) is 43.0 Å². The summed E-state index contributed by atoms with van der Waals surface area (Å²) in [5.74, 6) is 0.472. The van der Waals surface area contributed by atoms with Crippen LogP contribution in [-0.2, 0) is 17.6 Å². The minimum Gasteiger partial charge on any atom is -0.383 e. The molecule has 0 spiro atoms. The molecule has 3 aromatic rings. The maximum Gasteiger partial charge on any atom is 0.320 e. The van der Waals surface area contributed by atoms with E-state index >= 15 is 0 Å². The Balaban J connectivity index is 1.36. The van der Waals surface area contributed by atoms with Crippen LogP contribution in [0.15, 0.2) is 54.6 Å². The number of carbonyl (C=O) groups is 1. The Kier molecular flexibility index (Phi) is 6.60. The largest absolute Gasteiger partial charge is 0.383 e. The standard InChI is InChI=1S/C26H30FN5O2/c1-34-14-13-31-16-22(18-7-3-2-4-8-18)24(17-31)28-26(33)29-25-21-11-6-12-23(21)30-32(25)20-10-5-9-19(27)15-20/h2-5,7-10,15,22,24H,6,11-14,16-17H2,1H3,(H2,28,29,33)/t22?,24-/m1/s1. The highest BCUT2D eigenvalue weighted by Gasteiger charge is 2.35. The van der Waals surface area contributed by atoms with E-state index in [9.17, 15) is 9.18 Å².